The van der Waals surface area contributed by atoms with Crippen LogP contribution in [0.3, 0.4) is 0 Å². The number of fused-ring (bicyclic) bond motifs is 1. The minimum atomic E-state index is -0.662. The van der Waals surface area contributed by atoms with Gasteiger partial charge in [0.2, 0.25) is 6.79 Å². The van der Waals surface area contributed by atoms with Crippen molar-refractivity contribution in [2.45, 2.75) is 0 Å². The van der Waals surface area contributed by atoms with Crippen LogP contribution in [-0.4, -0.2) is 32.3 Å². The summed E-state index contributed by atoms with van der Waals surface area (Å²) in [5.74, 6) is -0.235. The first-order chi connectivity index (χ1) is 11.6. The van der Waals surface area contributed by atoms with Gasteiger partial charge in [0.25, 0.3) is 5.91 Å². The predicted octanol–water partition coefficient (Wildman–Crippen LogP) is 2.89. The number of ether oxygens (including phenoxy) is 3. The van der Waals surface area contributed by atoms with Crippen molar-refractivity contribution in [3.63, 3.8) is 0 Å². The lowest BCUT2D eigenvalue weighted by molar-refractivity contribution is -0.121. The fourth-order valence-corrected chi connectivity index (χ4v) is 2.45. The van der Waals surface area contributed by atoms with Gasteiger partial charge in [0.05, 0.1) is 10.6 Å². The number of rotatable bonds is 4. The molecule has 0 saturated heterocycles. The number of hydrogen-bond acceptors (Lipinski definition) is 5. The lowest BCUT2D eigenvalue weighted by Gasteiger charge is -2.17. The van der Waals surface area contributed by atoms with Gasteiger partial charge in [-0.25, -0.2) is 4.79 Å². The molecule has 24 heavy (non-hydrogen) atoms. The van der Waals surface area contributed by atoms with E-state index in [1.54, 1.807) is 19.2 Å². The first-order valence-electron chi connectivity index (χ1n) is 7.14. The van der Waals surface area contributed by atoms with E-state index in [1.165, 1.54) is 17.0 Å². The van der Waals surface area contributed by atoms with E-state index in [9.17, 15) is 9.59 Å². The quantitative estimate of drug-likeness (QED) is 0.796. The standard InChI is InChI=1S/C17H14ClNO5/c1-19(12-5-3-2-4-6-12)15(20)9-22-17(21)11-7-13(18)16-14(8-11)23-10-24-16/h2-8H,9-10H2,1H3. The van der Waals surface area contributed by atoms with E-state index in [4.69, 9.17) is 25.8 Å². The zero-order chi connectivity index (χ0) is 17.1. The number of carbonyl (C=O) groups is 2. The van der Waals surface area contributed by atoms with Gasteiger partial charge in [0.1, 0.15) is 0 Å². The molecule has 2 aromatic rings. The molecule has 1 amide bonds. The highest BCUT2D eigenvalue weighted by Gasteiger charge is 2.22. The molecule has 7 heteroatoms. The maximum absolute atomic E-state index is 12.1. The molecular formula is C17H14ClNO5. The van der Waals surface area contributed by atoms with Crippen molar-refractivity contribution in [3.05, 3.63) is 53.1 Å². The zero-order valence-electron chi connectivity index (χ0n) is 12.8. The summed E-state index contributed by atoms with van der Waals surface area (Å²) in [6.45, 7) is -0.329. The van der Waals surface area contributed by atoms with E-state index >= 15 is 0 Å². The molecule has 0 saturated carbocycles. The summed E-state index contributed by atoms with van der Waals surface area (Å²) in [6, 6.07) is 12.0. The molecule has 0 aromatic heterocycles. The summed E-state index contributed by atoms with van der Waals surface area (Å²) in [4.78, 5) is 25.6. The van der Waals surface area contributed by atoms with E-state index in [0.717, 1.165) is 0 Å². The Morgan fingerprint density at radius 3 is 2.71 bits per heavy atom. The van der Waals surface area contributed by atoms with E-state index in [0.29, 0.717) is 17.2 Å². The highest BCUT2D eigenvalue weighted by atomic mass is 35.5. The van der Waals surface area contributed by atoms with Crippen molar-refractivity contribution < 1.29 is 23.8 Å². The number of esters is 1. The van der Waals surface area contributed by atoms with Gasteiger partial charge in [0.15, 0.2) is 18.1 Å². The molecule has 0 radical (unpaired) electrons. The predicted molar refractivity (Wildman–Crippen MR) is 87.7 cm³/mol. The zero-order valence-corrected chi connectivity index (χ0v) is 13.6. The lowest BCUT2D eigenvalue weighted by atomic mass is 10.2. The smallest absolute Gasteiger partial charge is 0.338 e. The van der Waals surface area contributed by atoms with Gasteiger partial charge < -0.3 is 19.1 Å². The third-order valence-corrected chi connectivity index (χ3v) is 3.79. The molecule has 0 fully saturated rings. The van der Waals surface area contributed by atoms with Crippen LogP contribution in [0.4, 0.5) is 5.69 Å². The number of para-hydroxylation sites is 1. The fraction of sp³-hybridized carbons (Fsp3) is 0.176. The second kappa shape index (κ2) is 6.80. The number of halogens is 1. The van der Waals surface area contributed by atoms with E-state index in [-0.39, 0.29) is 29.9 Å². The molecule has 2 aromatic carbocycles. The van der Waals surface area contributed by atoms with Crippen molar-refractivity contribution in [2.24, 2.45) is 0 Å². The molecule has 0 spiro atoms. The van der Waals surface area contributed by atoms with Gasteiger partial charge in [-0.15, -0.1) is 0 Å². The van der Waals surface area contributed by atoms with Gasteiger partial charge in [-0.05, 0) is 24.3 Å². The van der Waals surface area contributed by atoms with Gasteiger partial charge in [0, 0.05) is 12.7 Å². The van der Waals surface area contributed by atoms with Crippen LogP contribution in [0, 0.1) is 0 Å². The average molecular weight is 348 g/mol. The molecule has 6 nitrogen and oxygen atoms in total. The van der Waals surface area contributed by atoms with Crippen LogP contribution < -0.4 is 14.4 Å². The van der Waals surface area contributed by atoms with Crippen LogP contribution >= 0.6 is 11.6 Å². The summed E-state index contributed by atoms with van der Waals surface area (Å²) < 4.78 is 15.4. The highest BCUT2D eigenvalue weighted by molar-refractivity contribution is 6.32. The summed E-state index contributed by atoms with van der Waals surface area (Å²) in [7, 11) is 1.61. The maximum atomic E-state index is 12.1. The average Bonchev–Trinajstić information content (AvgIpc) is 3.08. The first kappa shape index (κ1) is 16.1. The van der Waals surface area contributed by atoms with Gasteiger partial charge in [-0.1, -0.05) is 29.8 Å². The molecular weight excluding hydrogens is 334 g/mol. The van der Waals surface area contributed by atoms with Crippen LogP contribution in [0.1, 0.15) is 10.4 Å². The topological polar surface area (TPSA) is 65.1 Å². The van der Waals surface area contributed by atoms with E-state index < -0.39 is 5.97 Å². The largest absolute Gasteiger partial charge is 0.454 e. The molecule has 0 N–H and O–H groups in total. The number of likely N-dealkylation sites (N-methyl/N-ethyl adjacent to an activating group) is 1. The third-order valence-electron chi connectivity index (χ3n) is 3.51. The monoisotopic (exact) mass is 347 g/mol. The van der Waals surface area contributed by atoms with Crippen LogP contribution in [0.15, 0.2) is 42.5 Å². The second-order valence-corrected chi connectivity index (χ2v) is 5.46. The van der Waals surface area contributed by atoms with E-state index in [2.05, 4.69) is 0 Å². The minimum Gasteiger partial charge on any atom is -0.454 e. The Bertz CT molecular complexity index is 778. The maximum Gasteiger partial charge on any atom is 0.338 e. The van der Waals surface area contributed by atoms with Crippen LogP contribution in [0.25, 0.3) is 0 Å². The number of nitrogens with zero attached hydrogens (tertiary/aromatic N) is 1. The summed E-state index contributed by atoms with van der Waals surface area (Å²) in [6.07, 6.45) is 0. The normalized spacial score (nSPS) is 11.9. The highest BCUT2D eigenvalue weighted by Crippen LogP contribution is 2.39. The minimum absolute atomic E-state index is 0.0495. The summed E-state index contributed by atoms with van der Waals surface area (Å²) >= 11 is 6.02. The molecule has 0 atom stereocenters. The number of hydrogen-bond donors (Lipinski definition) is 0. The Hall–Kier alpha value is -2.73. The second-order valence-electron chi connectivity index (χ2n) is 5.06. The lowest BCUT2D eigenvalue weighted by Crippen LogP contribution is -2.31. The number of carbonyl (C=O) groups excluding carboxylic acids is 2. The first-order valence-corrected chi connectivity index (χ1v) is 7.52. The Kier molecular flexibility index (Phi) is 4.57. The number of anilines is 1. The molecule has 1 aliphatic rings. The Morgan fingerprint density at radius 1 is 1.21 bits per heavy atom. The molecule has 1 aliphatic heterocycles. The van der Waals surface area contributed by atoms with Gasteiger partial charge in [-0.2, -0.15) is 0 Å². The van der Waals surface area contributed by atoms with Crippen molar-refractivity contribution in [2.75, 3.05) is 25.3 Å². The van der Waals surface area contributed by atoms with Gasteiger partial charge >= 0.3 is 5.97 Å². The van der Waals surface area contributed by atoms with Crippen LogP contribution in [0.2, 0.25) is 5.02 Å². The summed E-state index contributed by atoms with van der Waals surface area (Å²) in [5, 5.41) is 0.254. The molecule has 124 valence electrons. The van der Waals surface area contributed by atoms with Crippen molar-refractivity contribution in [3.8, 4) is 11.5 Å². The fourth-order valence-electron chi connectivity index (χ4n) is 2.19. The SMILES string of the molecule is CN(C(=O)COC(=O)c1cc(Cl)c2c(c1)OCO2)c1ccccc1. The van der Waals surface area contributed by atoms with Crippen molar-refractivity contribution >= 4 is 29.2 Å². The molecule has 0 aliphatic carbocycles. The van der Waals surface area contributed by atoms with Crippen LogP contribution in [-0.2, 0) is 9.53 Å². The molecule has 3 rings (SSSR count). The van der Waals surface area contributed by atoms with E-state index in [1.807, 2.05) is 18.2 Å². The molecule has 0 unspecified atom stereocenters. The Balaban J connectivity index is 1.63. The number of amides is 1. The Labute approximate surface area is 143 Å². The molecule has 1 heterocycles. The summed E-state index contributed by atoms with van der Waals surface area (Å²) in [5.41, 5.74) is 0.907. The van der Waals surface area contributed by atoms with Crippen molar-refractivity contribution in [1.82, 2.24) is 0 Å². The Morgan fingerprint density at radius 2 is 1.96 bits per heavy atom. The number of benzene rings is 2. The van der Waals surface area contributed by atoms with Crippen molar-refractivity contribution in [1.29, 1.82) is 0 Å². The third kappa shape index (κ3) is 3.28. The van der Waals surface area contributed by atoms with Gasteiger partial charge in [-0.3, -0.25) is 4.79 Å². The molecule has 0 bridgehead atoms. The van der Waals surface area contributed by atoms with Crippen LogP contribution in [0.5, 0.6) is 11.5 Å².